The summed E-state index contributed by atoms with van der Waals surface area (Å²) in [5.41, 5.74) is 2.00. The van der Waals surface area contributed by atoms with Gasteiger partial charge in [-0.25, -0.2) is 4.98 Å². The highest BCUT2D eigenvalue weighted by Crippen LogP contribution is 2.29. The van der Waals surface area contributed by atoms with Gasteiger partial charge in [-0.05, 0) is 55.8 Å². The van der Waals surface area contributed by atoms with Gasteiger partial charge in [0.05, 0.1) is 16.7 Å². The SMILES string of the molecule is Cc1ccnc(NC(=O)c2ccc(NC(C)c3ccccn3)c([N+](=O)[O-])c2)c1. The van der Waals surface area contributed by atoms with Crippen LogP contribution < -0.4 is 10.6 Å². The number of carbonyl (C=O) groups is 1. The van der Waals surface area contributed by atoms with Crippen LogP contribution in [0.5, 0.6) is 0 Å². The molecule has 0 aliphatic rings. The number of pyridine rings is 2. The molecule has 0 bridgehead atoms. The fraction of sp³-hybridized carbons (Fsp3) is 0.150. The van der Waals surface area contributed by atoms with E-state index in [1.54, 1.807) is 24.5 Å². The third-order valence-corrected chi connectivity index (χ3v) is 4.12. The van der Waals surface area contributed by atoms with E-state index in [2.05, 4.69) is 20.6 Å². The van der Waals surface area contributed by atoms with Crippen molar-refractivity contribution in [1.82, 2.24) is 9.97 Å². The number of nitro groups is 1. The Bertz CT molecular complexity index is 1010. The van der Waals surface area contributed by atoms with Gasteiger partial charge >= 0.3 is 0 Å². The lowest BCUT2D eigenvalue weighted by Crippen LogP contribution is -2.14. The topological polar surface area (TPSA) is 110 Å². The van der Waals surface area contributed by atoms with Crippen molar-refractivity contribution in [3.63, 3.8) is 0 Å². The molecule has 0 fully saturated rings. The first kappa shape index (κ1) is 19.0. The summed E-state index contributed by atoms with van der Waals surface area (Å²) in [6.45, 7) is 3.74. The van der Waals surface area contributed by atoms with Crippen molar-refractivity contribution in [2.75, 3.05) is 10.6 Å². The molecule has 0 spiro atoms. The van der Waals surface area contributed by atoms with Gasteiger partial charge in [-0.3, -0.25) is 19.9 Å². The number of aromatic nitrogens is 2. The second-order valence-corrected chi connectivity index (χ2v) is 6.28. The molecule has 1 amide bonds. The minimum atomic E-state index is -0.519. The quantitative estimate of drug-likeness (QED) is 0.494. The molecule has 8 heteroatoms. The molecule has 3 aromatic rings. The lowest BCUT2D eigenvalue weighted by atomic mass is 10.1. The Morgan fingerprint density at radius 3 is 2.61 bits per heavy atom. The smallest absolute Gasteiger partial charge is 0.293 e. The molecule has 2 N–H and O–H groups in total. The van der Waals surface area contributed by atoms with Crippen molar-refractivity contribution in [2.45, 2.75) is 19.9 Å². The number of nitrogens with zero attached hydrogens (tertiary/aromatic N) is 3. The highest BCUT2D eigenvalue weighted by atomic mass is 16.6. The van der Waals surface area contributed by atoms with E-state index in [-0.39, 0.29) is 17.3 Å². The van der Waals surface area contributed by atoms with E-state index in [1.165, 1.54) is 18.2 Å². The molecule has 0 saturated carbocycles. The van der Waals surface area contributed by atoms with Crippen molar-refractivity contribution in [1.29, 1.82) is 0 Å². The van der Waals surface area contributed by atoms with Crippen LogP contribution in [-0.4, -0.2) is 20.8 Å². The van der Waals surface area contributed by atoms with Crippen LogP contribution >= 0.6 is 0 Å². The number of hydrogen-bond acceptors (Lipinski definition) is 6. The predicted octanol–water partition coefficient (Wildman–Crippen LogP) is 4.12. The van der Waals surface area contributed by atoms with Crippen LogP contribution in [0.15, 0.2) is 60.9 Å². The maximum absolute atomic E-state index is 12.5. The van der Waals surface area contributed by atoms with Crippen LogP contribution in [0.1, 0.15) is 34.6 Å². The first-order valence-electron chi connectivity index (χ1n) is 8.64. The number of nitro benzene ring substituents is 1. The maximum Gasteiger partial charge on any atom is 0.293 e. The minimum absolute atomic E-state index is 0.172. The summed E-state index contributed by atoms with van der Waals surface area (Å²) in [7, 11) is 0. The zero-order valence-electron chi connectivity index (χ0n) is 15.4. The van der Waals surface area contributed by atoms with Gasteiger partial charge in [-0.1, -0.05) is 6.07 Å². The molecule has 0 aliphatic heterocycles. The standard InChI is InChI=1S/C20H19N5O3/c1-13-8-10-22-19(11-13)24-20(26)15-6-7-17(18(12-15)25(27)28)23-14(2)16-5-3-4-9-21-16/h3-12,14,23H,1-2H3,(H,22,24,26). The molecule has 142 valence electrons. The number of hydrogen-bond donors (Lipinski definition) is 2. The highest BCUT2D eigenvalue weighted by molar-refractivity contribution is 6.04. The number of amides is 1. The molecule has 1 unspecified atom stereocenters. The zero-order chi connectivity index (χ0) is 20.1. The molecule has 2 heterocycles. The van der Waals surface area contributed by atoms with Crippen LogP contribution in [-0.2, 0) is 0 Å². The van der Waals surface area contributed by atoms with E-state index in [0.29, 0.717) is 11.5 Å². The molecular formula is C20H19N5O3. The van der Waals surface area contributed by atoms with Crippen LogP contribution in [0.3, 0.4) is 0 Å². The van der Waals surface area contributed by atoms with Gasteiger partial charge < -0.3 is 10.6 Å². The van der Waals surface area contributed by atoms with Crippen molar-refractivity contribution in [3.8, 4) is 0 Å². The van der Waals surface area contributed by atoms with Gasteiger partial charge in [0.25, 0.3) is 11.6 Å². The maximum atomic E-state index is 12.5. The van der Waals surface area contributed by atoms with Crippen molar-refractivity contribution in [3.05, 3.63) is 87.9 Å². The van der Waals surface area contributed by atoms with Crippen LogP contribution in [0.4, 0.5) is 17.2 Å². The lowest BCUT2D eigenvalue weighted by Gasteiger charge is -2.15. The Balaban J connectivity index is 1.82. The second-order valence-electron chi connectivity index (χ2n) is 6.28. The number of benzene rings is 1. The Labute approximate surface area is 161 Å². The number of rotatable bonds is 6. The van der Waals surface area contributed by atoms with Gasteiger partial charge in [0.15, 0.2) is 0 Å². The first-order chi connectivity index (χ1) is 13.4. The normalized spacial score (nSPS) is 11.5. The van der Waals surface area contributed by atoms with Gasteiger partial charge in [0, 0.05) is 24.0 Å². The average molecular weight is 377 g/mol. The Hall–Kier alpha value is -3.81. The fourth-order valence-electron chi connectivity index (χ4n) is 2.68. The molecule has 2 aromatic heterocycles. The van der Waals surface area contributed by atoms with Crippen LogP contribution in [0.2, 0.25) is 0 Å². The number of aryl methyl sites for hydroxylation is 1. The Morgan fingerprint density at radius 2 is 1.93 bits per heavy atom. The van der Waals surface area contributed by atoms with Gasteiger partial charge in [-0.15, -0.1) is 0 Å². The van der Waals surface area contributed by atoms with Gasteiger partial charge in [-0.2, -0.15) is 0 Å². The number of anilines is 2. The molecule has 1 aromatic carbocycles. The molecular weight excluding hydrogens is 358 g/mol. The summed E-state index contributed by atoms with van der Waals surface area (Å²) < 4.78 is 0. The molecule has 0 aliphatic carbocycles. The Morgan fingerprint density at radius 1 is 1.11 bits per heavy atom. The summed E-state index contributed by atoms with van der Waals surface area (Å²) in [6, 6.07) is 13.1. The third kappa shape index (κ3) is 4.47. The first-order valence-corrected chi connectivity index (χ1v) is 8.64. The van der Waals surface area contributed by atoms with E-state index in [4.69, 9.17) is 0 Å². The average Bonchev–Trinajstić information content (AvgIpc) is 2.68. The summed E-state index contributed by atoms with van der Waals surface area (Å²) in [6.07, 6.45) is 3.24. The van der Waals surface area contributed by atoms with E-state index in [1.807, 2.05) is 32.0 Å². The van der Waals surface area contributed by atoms with E-state index in [9.17, 15) is 14.9 Å². The van der Waals surface area contributed by atoms with Gasteiger partial charge in [0.1, 0.15) is 11.5 Å². The summed E-state index contributed by atoms with van der Waals surface area (Å²) in [5.74, 6) is -0.0795. The highest BCUT2D eigenvalue weighted by Gasteiger charge is 2.20. The minimum Gasteiger partial charge on any atom is -0.371 e. The number of nitrogens with one attached hydrogen (secondary N) is 2. The van der Waals surface area contributed by atoms with Crippen molar-refractivity contribution >= 4 is 23.1 Å². The van der Waals surface area contributed by atoms with Crippen molar-refractivity contribution < 1.29 is 9.72 Å². The van der Waals surface area contributed by atoms with E-state index in [0.717, 1.165) is 11.3 Å². The molecule has 0 saturated heterocycles. The van der Waals surface area contributed by atoms with Crippen LogP contribution in [0.25, 0.3) is 0 Å². The summed E-state index contributed by atoms with van der Waals surface area (Å²) in [4.78, 5) is 31.8. The van der Waals surface area contributed by atoms with Crippen molar-refractivity contribution in [2.24, 2.45) is 0 Å². The molecule has 28 heavy (non-hydrogen) atoms. The van der Waals surface area contributed by atoms with Gasteiger partial charge in [0.2, 0.25) is 0 Å². The molecule has 1 atom stereocenters. The van der Waals surface area contributed by atoms with E-state index >= 15 is 0 Å². The predicted molar refractivity (Wildman–Crippen MR) is 106 cm³/mol. The third-order valence-electron chi connectivity index (χ3n) is 4.12. The molecule has 0 radical (unpaired) electrons. The second kappa shape index (κ2) is 8.26. The monoisotopic (exact) mass is 377 g/mol. The summed E-state index contributed by atoms with van der Waals surface area (Å²) >= 11 is 0. The fourth-order valence-corrected chi connectivity index (χ4v) is 2.68. The lowest BCUT2D eigenvalue weighted by molar-refractivity contribution is -0.384. The van der Waals surface area contributed by atoms with Crippen LogP contribution in [0, 0.1) is 17.0 Å². The molecule has 8 nitrogen and oxygen atoms in total. The van der Waals surface area contributed by atoms with E-state index < -0.39 is 10.8 Å². The summed E-state index contributed by atoms with van der Waals surface area (Å²) in [5, 5.41) is 17.3. The largest absolute Gasteiger partial charge is 0.371 e. The zero-order valence-corrected chi connectivity index (χ0v) is 15.4. The number of carbonyl (C=O) groups excluding carboxylic acids is 1. The molecule has 3 rings (SSSR count). The Kier molecular flexibility index (Phi) is 5.59.